The topological polar surface area (TPSA) is 35.5 Å². The second-order valence-electron chi connectivity index (χ2n) is 3.71. The van der Waals surface area contributed by atoms with Crippen molar-refractivity contribution in [1.82, 2.24) is 0 Å². The highest BCUT2D eigenvalue weighted by atomic mass is 19.3. The summed E-state index contributed by atoms with van der Waals surface area (Å²) in [6.45, 7) is 4.15. The molecule has 1 rings (SSSR count). The fraction of sp³-hybridized carbons (Fsp3) is 0.900. The van der Waals surface area contributed by atoms with Crippen LogP contribution in [0.3, 0.4) is 0 Å². The predicted molar refractivity (Wildman–Crippen MR) is 49.1 cm³/mol. The average molecular weight is 204 g/mol. The highest BCUT2D eigenvalue weighted by Gasteiger charge is 2.39. The lowest BCUT2D eigenvalue weighted by molar-refractivity contribution is -0.178. The third kappa shape index (κ3) is 2.44. The first-order valence-corrected chi connectivity index (χ1v) is 5.16. The fourth-order valence-corrected chi connectivity index (χ4v) is 2.14. The number of carbonyl (C=O) groups excluding carboxylic acids is 1. The molecule has 0 amide bonds. The highest BCUT2D eigenvalue weighted by molar-refractivity contribution is 5.73. The lowest BCUT2D eigenvalue weighted by atomic mass is 9.94. The molecule has 3 atom stereocenters. The molecule has 0 N–H and O–H groups in total. The van der Waals surface area contributed by atoms with Gasteiger partial charge < -0.3 is 4.74 Å². The number of carbonyl (C=O) groups is 1. The van der Waals surface area contributed by atoms with Crippen molar-refractivity contribution in [3.63, 3.8) is 0 Å². The molecule has 4 heteroatoms. The van der Waals surface area contributed by atoms with Gasteiger partial charge in [0.05, 0.1) is 18.6 Å². The van der Waals surface area contributed by atoms with Crippen molar-refractivity contribution in [3.8, 4) is 0 Å². The Morgan fingerprint density at radius 3 is 2.64 bits per heavy atom. The van der Waals surface area contributed by atoms with Crippen LogP contribution in [0.15, 0.2) is 0 Å². The van der Waals surface area contributed by atoms with E-state index in [9.17, 15) is 9.32 Å². The smallest absolute Gasteiger partial charge is 0.309 e. The molecule has 1 aliphatic carbocycles. The lowest BCUT2D eigenvalue weighted by Crippen LogP contribution is -2.21. The molecule has 1 fully saturated rings. The summed E-state index contributed by atoms with van der Waals surface area (Å²) in [5.74, 6) is -0.186. The zero-order valence-corrected chi connectivity index (χ0v) is 8.66. The third-order valence-electron chi connectivity index (χ3n) is 2.89. The molecule has 0 aromatic carbocycles. The summed E-state index contributed by atoms with van der Waals surface area (Å²) >= 11 is 0. The number of esters is 1. The maximum absolute atomic E-state index is 12.0. The van der Waals surface area contributed by atoms with E-state index >= 15 is 0 Å². The van der Waals surface area contributed by atoms with Crippen LogP contribution in [-0.2, 0) is 14.5 Å². The van der Waals surface area contributed by atoms with E-state index in [0.717, 1.165) is 6.42 Å². The van der Waals surface area contributed by atoms with Gasteiger partial charge in [0.2, 0.25) is 0 Å². The number of ether oxygens (including phenoxy) is 1. The minimum atomic E-state index is -0.422. The zero-order chi connectivity index (χ0) is 10.6. The fourth-order valence-electron chi connectivity index (χ4n) is 2.14. The normalized spacial score (nSPS) is 31.8. The van der Waals surface area contributed by atoms with Crippen LogP contribution in [0, 0.1) is 11.8 Å². The molecule has 3 nitrogen and oxygen atoms in total. The molecule has 3 unspecified atom stereocenters. The van der Waals surface area contributed by atoms with Crippen LogP contribution in [0.4, 0.5) is 4.53 Å². The Balaban J connectivity index is 2.54. The molecule has 0 heterocycles. The summed E-state index contributed by atoms with van der Waals surface area (Å²) in [6.07, 6.45) is 1.52. The lowest BCUT2D eigenvalue weighted by Gasteiger charge is -2.15. The molecule has 0 radical (unpaired) electrons. The molecule has 0 aliphatic heterocycles. The molecule has 1 aliphatic rings. The molecular formula is C10H17FO3. The van der Waals surface area contributed by atoms with Gasteiger partial charge in [-0.05, 0) is 30.2 Å². The van der Waals surface area contributed by atoms with E-state index in [1.165, 1.54) is 0 Å². The summed E-state index contributed by atoms with van der Waals surface area (Å²) in [6, 6.07) is 0. The van der Waals surface area contributed by atoms with E-state index in [-0.39, 0.29) is 17.8 Å². The van der Waals surface area contributed by atoms with Crippen molar-refractivity contribution < 1.29 is 19.0 Å². The predicted octanol–water partition coefficient (Wildman–Crippen LogP) is 2.26. The number of rotatable bonds is 4. The van der Waals surface area contributed by atoms with Crippen molar-refractivity contribution in [2.24, 2.45) is 11.8 Å². The van der Waals surface area contributed by atoms with Crippen LogP contribution in [0.1, 0.15) is 33.1 Å². The summed E-state index contributed by atoms with van der Waals surface area (Å²) in [4.78, 5) is 15.3. The van der Waals surface area contributed by atoms with Crippen LogP contribution in [-0.4, -0.2) is 18.7 Å². The monoisotopic (exact) mass is 204 g/mol. The van der Waals surface area contributed by atoms with Crippen molar-refractivity contribution in [1.29, 1.82) is 0 Å². The van der Waals surface area contributed by atoms with E-state index in [2.05, 4.69) is 4.94 Å². The molecule has 1 saturated carbocycles. The quantitative estimate of drug-likeness (QED) is 0.659. The maximum Gasteiger partial charge on any atom is 0.309 e. The van der Waals surface area contributed by atoms with E-state index < -0.39 is 6.10 Å². The van der Waals surface area contributed by atoms with Crippen molar-refractivity contribution in [2.75, 3.05) is 6.61 Å². The second kappa shape index (κ2) is 5.29. The van der Waals surface area contributed by atoms with Crippen molar-refractivity contribution >= 4 is 5.97 Å². The SMILES string of the molecule is CCOC(=O)C1CC(OF)CC1CC. The Labute approximate surface area is 83.5 Å². The van der Waals surface area contributed by atoms with Gasteiger partial charge >= 0.3 is 5.97 Å². The van der Waals surface area contributed by atoms with Gasteiger partial charge in [0.1, 0.15) is 0 Å². The van der Waals surface area contributed by atoms with Gasteiger partial charge in [0.15, 0.2) is 0 Å². The minimum Gasteiger partial charge on any atom is -0.466 e. The van der Waals surface area contributed by atoms with Gasteiger partial charge in [0.25, 0.3) is 0 Å². The Bertz CT molecular complexity index is 196. The third-order valence-corrected chi connectivity index (χ3v) is 2.89. The van der Waals surface area contributed by atoms with E-state index in [1.54, 1.807) is 6.92 Å². The standard InChI is InChI=1S/C10H17FO3/c1-3-7-5-8(14-11)6-9(7)10(12)13-4-2/h7-9H,3-6H2,1-2H3. The van der Waals surface area contributed by atoms with E-state index in [1.807, 2.05) is 6.92 Å². The number of hydrogen-bond acceptors (Lipinski definition) is 3. The van der Waals surface area contributed by atoms with Gasteiger partial charge in [0, 0.05) is 0 Å². The average Bonchev–Trinajstić information content (AvgIpc) is 2.61. The molecule has 0 aromatic rings. The zero-order valence-electron chi connectivity index (χ0n) is 8.66. The van der Waals surface area contributed by atoms with Crippen LogP contribution in [0.5, 0.6) is 0 Å². The van der Waals surface area contributed by atoms with Gasteiger partial charge in [-0.1, -0.05) is 13.3 Å². The van der Waals surface area contributed by atoms with Gasteiger partial charge in [-0.15, -0.1) is 0 Å². The number of halogens is 1. The van der Waals surface area contributed by atoms with Gasteiger partial charge in [-0.3, -0.25) is 4.79 Å². The first-order valence-electron chi connectivity index (χ1n) is 5.16. The Hall–Kier alpha value is -0.640. The maximum atomic E-state index is 12.0. The molecule has 82 valence electrons. The van der Waals surface area contributed by atoms with Crippen LogP contribution in [0.25, 0.3) is 0 Å². The summed E-state index contributed by atoms with van der Waals surface area (Å²) in [5.41, 5.74) is 0. The molecular weight excluding hydrogens is 187 g/mol. The Morgan fingerprint density at radius 2 is 2.14 bits per heavy atom. The summed E-state index contributed by atoms with van der Waals surface area (Å²) < 4.78 is 16.9. The highest BCUT2D eigenvalue weighted by Crippen LogP contribution is 2.36. The number of hydrogen-bond donors (Lipinski definition) is 0. The largest absolute Gasteiger partial charge is 0.466 e. The molecule has 0 aromatic heterocycles. The molecule has 0 bridgehead atoms. The first-order chi connectivity index (χ1) is 6.72. The first kappa shape index (κ1) is 11.4. The van der Waals surface area contributed by atoms with E-state index in [4.69, 9.17) is 4.74 Å². The summed E-state index contributed by atoms with van der Waals surface area (Å²) in [7, 11) is 0. The van der Waals surface area contributed by atoms with Crippen molar-refractivity contribution in [3.05, 3.63) is 0 Å². The van der Waals surface area contributed by atoms with Gasteiger partial charge in [-0.2, -0.15) is 4.94 Å². The van der Waals surface area contributed by atoms with E-state index in [0.29, 0.717) is 19.4 Å². The van der Waals surface area contributed by atoms with Crippen LogP contribution >= 0.6 is 0 Å². The summed E-state index contributed by atoms with van der Waals surface area (Å²) in [5, 5.41) is 0. The van der Waals surface area contributed by atoms with Crippen molar-refractivity contribution in [2.45, 2.75) is 39.2 Å². The minimum absolute atomic E-state index is 0.180. The van der Waals surface area contributed by atoms with Crippen LogP contribution < -0.4 is 0 Å². The molecule has 14 heavy (non-hydrogen) atoms. The molecule has 0 spiro atoms. The Morgan fingerprint density at radius 1 is 1.43 bits per heavy atom. The van der Waals surface area contributed by atoms with Gasteiger partial charge in [-0.25, -0.2) is 0 Å². The van der Waals surface area contributed by atoms with Crippen LogP contribution in [0.2, 0.25) is 0 Å². The molecule has 0 saturated heterocycles. The Kier molecular flexibility index (Phi) is 4.32. The second-order valence-corrected chi connectivity index (χ2v) is 3.71.